The molecule has 7 heteroatoms. The van der Waals surface area contributed by atoms with Gasteiger partial charge in [-0.25, -0.2) is 0 Å². The van der Waals surface area contributed by atoms with Gasteiger partial charge < -0.3 is 9.88 Å². The first-order valence-corrected chi connectivity index (χ1v) is 10.8. The molecule has 0 saturated heterocycles. The van der Waals surface area contributed by atoms with Crippen molar-refractivity contribution < 1.29 is 18.0 Å². The van der Waals surface area contributed by atoms with Crippen LogP contribution >= 0.6 is 11.8 Å². The molecule has 0 bridgehead atoms. The molecule has 0 fully saturated rings. The number of hydrogen-bond donors (Lipinski definition) is 1. The second-order valence-corrected chi connectivity index (χ2v) is 8.15. The molecule has 2 aromatic carbocycles. The van der Waals surface area contributed by atoms with E-state index in [0.29, 0.717) is 30.7 Å². The molecule has 0 aliphatic carbocycles. The van der Waals surface area contributed by atoms with Gasteiger partial charge in [-0.1, -0.05) is 30.3 Å². The first kappa shape index (κ1) is 19.9. The molecule has 3 nitrogen and oxygen atoms in total. The molecule has 0 radical (unpaired) electrons. The summed E-state index contributed by atoms with van der Waals surface area (Å²) in [6.45, 7) is 0.489. The summed E-state index contributed by atoms with van der Waals surface area (Å²) < 4.78 is 40.0. The van der Waals surface area contributed by atoms with Gasteiger partial charge in [0.25, 0.3) is 0 Å². The highest BCUT2D eigenvalue weighted by atomic mass is 32.2. The molecule has 0 spiro atoms. The number of alkyl halides is 3. The van der Waals surface area contributed by atoms with Crippen molar-refractivity contribution in [2.75, 3.05) is 18.6 Å². The summed E-state index contributed by atoms with van der Waals surface area (Å²) in [6.07, 6.45) is -1.45. The third-order valence-corrected chi connectivity index (χ3v) is 6.02. The van der Waals surface area contributed by atoms with Gasteiger partial charge in [0.2, 0.25) is 5.91 Å². The highest BCUT2D eigenvalue weighted by molar-refractivity contribution is 7.98. The zero-order chi connectivity index (χ0) is 20.6. The average molecular weight is 418 g/mol. The maximum absolute atomic E-state index is 13.3. The number of carbonyl (C=O) groups is 1. The Kier molecular flexibility index (Phi) is 5.34. The Bertz CT molecular complexity index is 1040. The van der Waals surface area contributed by atoms with Gasteiger partial charge in [-0.05, 0) is 42.0 Å². The molecule has 0 saturated carbocycles. The van der Waals surface area contributed by atoms with Crippen LogP contribution in [-0.2, 0) is 17.4 Å². The Labute approximate surface area is 171 Å². The number of nitrogens with zero attached hydrogens (tertiary/aromatic N) is 1. The van der Waals surface area contributed by atoms with E-state index in [1.807, 2.05) is 30.5 Å². The highest BCUT2D eigenvalue weighted by Gasteiger charge is 2.36. The Morgan fingerprint density at radius 3 is 2.76 bits per heavy atom. The molecule has 29 heavy (non-hydrogen) atoms. The van der Waals surface area contributed by atoms with Crippen LogP contribution in [0, 0.1) is 0 Å². The molecule has 1 atom stereocenters. The normalized spacial score (nSPS) is 16.8. The lowest BCUT2D eigenvalue weighted by Gasteiger charge is -2.36. The van der Waals surface area contributed by atoms with Gasteiger partial charge in [-0.15, -0.1) is 0 Å². The maximum atomic E-state index is 13.3. The monoisotopic (exact) mass is 418 g/mol. The first-order valence-electron chi connectivity index (χ1n) is 9.45. The molecule has 1 aromatic heterocycles. The predicted molar refractivity (Wildman–Crippen MR) is 110 cm³/mol. The van der Waals surface area contributed by atoms with Crippen LogP contribution in [0.25, 0.3) is 10.9 Å². The second kappa shape index (κ2) is 7.78. The van der Waals surface area contributed by atoms with Crippen molar-refractivity contribution in [3.63, 3.8) is 0 Å². The van der Waals surface area contributed by atoms with Crippen LogP contribution in [0.4, 0.5) is 13.2 Å². The van der Waals surface area contributed by atoms with Crippen LogP contribution < -0.4 is 0 Å². The topological polar surface area (TPSA) is 36.1 Å². The largest absolute Gasteiger partial charge is 0.416 e. The number of H-pyrrole nitrogens is 1. The molecular formula is C22H21F3N2OS. The number of nitrogens with one attached hydrogen (secondary N) is 1. The van der Waals surface area contributed by atoms with Crippen LogP contribution in [-0.4, -0.2) is 34.3 Å². The van der Waals surface area contributed by atoms with Crippen molar-refractivity contribution in [2.24, 2.45) is 0 Å². The third-order valence-electron chi connectivity index (χ3n) is 5.40. The molecule has 1 amide bonds. The standard InChI is InChI=1S/C22H21F3N2OS/c1-29-12-10-19(28)27-11-9-17-16-7-2-3-8-18(16)26-20(17)21(27)14-5-4-6-15(13-14)22(23,24)25/h2-8,13,21,26H,9-12H2,1H3/t21-/m1/s1. The number of carbonyl (C=O) groups excluding carboxylic acids is 1. The van der Waals surface area contributed by atoms with Crippen LogP contribution in [0.2, 0.25) is 0 Å². The van der Waals surface area contributed by atoms with E-state index < -0.39 is 17.8 Å². The van der Waals surface area contributed by atoms with E-state index in [4.69, 9.17) is 0 Å². The van der Waals surface area contributed by atoms with Gasteiger partial charge >= 0.3 is 6.18 Å². The van der Waals surface area contributed by atoms with Crippen molar-refractivity contribution in [3.8, 4) is 0 Å². The summed E-state index contributed by atoms with van der Waals surface area (Å²) >= 11 is 1.58. The van der Waals surface area contributed by atoms with Crippen LogP contribution in [0.15, 0.2) is 48.5 Å². The quantitative estimate of drug-likeness (QED) is 0.615. The summed E-state index contributed by atoms with van der Waals surface area (Å²) in [4.78, 5) is 18.0. The molecular weight excluding hydrogens is 397 g/mol. The van der Waals surface area contributed by atoms with Gasteiger partial charge in [-0.2, -0.15) is 24.9 Å². The number of aromatic nitrogens is 1. The minimum absolute atomic E-state index is 0.0360. The fraction of sp³-hybridized carbons (Fsp3) is 0.318. The van der Waals surface area contributed by atoms with E-state index >= 15 is 0 Å². The zero-order valence-electron chi connectivity index (χ0n) is 15.9. The predicted octanol–water partition coefficient (Wildman–Crippen LogP) is 5.41. The third kappa shape index (κ3) is 3.75. The van der Waals surface area contributed by atoms with E-state index in [0.717, 1.165) is 28.2 Å². The van der Waals surface area contributed by atoms with Gasteiger partial charge in [0.15, 0.2) is 0 Å². The van der Waals surface area contributed by atoms with Crippen LogP contribution in [0.5, 0.6) is 0 Å². The van der Waals surface area contributed by atoms with Gasteiger partial charge in [0.05, 0.1) is 11.6 Å². The van der Waals surface area contributed by atoms with Crippen LogP contribution in [0.3, 0.4) is 0 Å². The lowest BCUT2D eigenvalue weighted by molar-refractivity contribution is -0.137. The summed E-state index contributed by atoms with van der Waals surface area (Å²) in [5.41, 5.74) is 2.61. The van der Waals surface area contributed by atoms with Gasteiger partial charge in [-0.3, -0.25) is 4.79 Å². The minimum atomic E-state index is -4.43. The molecule has 152 valence electrons. The lowest BCUT2D eigenvalue weighted by Crippen LogP contribution is -2.40. The molecule has 4 rings (SSSR count). The Morgan fingerprint density at radius 1 is 1.21 bits per heavy atom. The number of fused-ring (bicyclic) bond motifs is 3. The Balaban J connectivity index is 1.85. The second-order valence-electron chi connectivity index (χ2n) is 7.17. The highest BCUT2D eigenvalue weighted by Crippen LogP contribution is 2.40. The number of rotatable bonds is 4. The molecule has 3 aromatic rings. The van der Waals surface area contributed by atoms with E-state index in [1.54, 1.807) is 22.7 Å². The number of para-hydroxylation sites is 1. The number of aromatic amines is 1. The molecule has 1 N–H and O–H groups in total. The summed E-state index contributed by atoms with van der Waals surface area (Å²) in [7, 11) is 0. The lowest BCUT2D eigenvalue weighted by atomic mass is 9.91. The van der Waals surface area contributed by atoms with Crippen molar-refractivity contribution >= 4 is 28.6 Å². The van der Waals surface area contributed by atoms with Gasteiger partial charge in [0, 0.05) is 35.3 Å². The number of halogens is 3. The number of benzene rings is 2. The zero-order valence-corrected chi connectivity index (χ0v) is 16.7. The summed E-state index contributed by atoms with van der Waals surface area (Å²) in [5, 5.41) is 1.07. The number of thioether (sulfide) groups is 1. The minimum Gasteiger partial charge on any atom is -0.356 e. The first-order chi connectivity index (χ1) is 13.9. The maximum Gasteiger partial charge on any atom is 0.416 e. The number of amides is 1. The molecule has 1 aliphatic heterocycles. The van der Waals surface area contributed by atoms with E-state index in [9.17, 15) is 18.0 Å². The van der Waals surface area contributed by atoms with Crippen LogP contribution in [0.1, 0.15) is 34.8 Å². The molecule has 1 aliphatic rings. The van der Waals surface area contributed by atoms with Crippen molar-refractivity contribution in [1.82, 2.24) is 9.88 Å². The van der Waals surface area contributed by atoms with E-state index in [2.05, 4.69) is 4.98 Å². The van der Waals surface area contributed by atoms with E-state index in [-0.39, 0.29) is 5.91 Å². The van der Waals surface area contributed by atoms with Crippen molar-refractivity contribution in [2.45, 2.75) is 25.1 Å². The fourth-order valence-corrected chi connectivity index (χ4v) is 4.45. The Morgan fingerprint density at radius 2 is 2.00 bits per heavy atom. The van der Waals surface area contributed by atoms with Crippen molar-refractivity contribution in [3.05, 3.63) is 70.9 Å². The van der Waals surface area contributed by atoms with Gasteiger partial charge in [0.1, 0.15) is 0 Å². The SMILES string of the molecule is CSCCC(=O)N1CCc2c([nH]c3ccccc23)[C@H]1c1cccc(C(F)(F)F)c1. The molecule has 0 unspecified atom stereocenters. The van der Waals surface area contributed by atoms with E-state index in [1.165, 1.54) is 12.1 Å². The number of hydrogen-bond acceptors (Lipinski definition) is 2. The summed E-state index contributed by atoms with van der Waals surface area (Å²) in [6, 6.07) is 12.6. The average Bonchev–Trinajstić information content (AvgIpc) is 3.09. The van der Waals surface area contributed by atoms with Crippen molar-refractivity contribution in [1.29, 1.82) is 0 Å². The fourth-order valence-electron chi connectivity index (χ4n) is 4.07. The Hall–Kier alpha value is -2.41. The smallest absolute Gasteiger partial charge is 0.356 e. The molecule has 2 heterocycles. The summed E-state index contributed by atoms with van der Waals surface area (Å²) in [5.74, 6) is 0.649.